The molecule has 152 valence electrons. The van der Waals surface area contributed by atoms with Crippen LogP contribution in [0.15, 0.2) is 60.4 Å². The van der Waals surface area contributed by atoms with Gasteiger partial charge in [-0.2, -0.15) is 5.10 Å². The zero-order valence-electron chi connectivity index (χ0n) is 15.1. The van der Waals surface area contributed by atoms with Gasteiger partial charge in [-0.05, 0) is 30.3 Å². The second kappa shape index (κ2) is 7.39. The number of hydrogen-bond acceptors (Lipinski definition) is 4. The van der Waals surface area contributed by atoms with E-state index in [1.807, 2.05) is 0 Å². The molecule has 2 aromatic carbocycles. The smallest absolute Gasteiger partial charge is 0.352 e. The summed E-state index contributed by atoms with van der Waals surface area (Å²) in [5, 5.41) is 18.6. The van der Waals surface area contributed by atoms with E-state index in [9.17, 15) is 27.9 Å². The fraction of sp³-hybridized carbons (Fsp3) is 0.0500. The highest BCUT2D eigenvalue weighted by Gasteiger charge is 2.30. The first-order chi connectivity index (χ1) is 14.3. The van der Waals surface area contributed by atoms with E-state index in [0.29, 0.717) is 6.07 Å². The molecule has 0 saturated carbocycles. The van der Waals surface area contributed by atoms with Crippen molar-refractivity contribution in [3.8, 4) is 0 Å². The molecule has 0 fully saturated rings. The molecule has 30 heavy (non-hydrogen) atoms. The molecule has 10 heteroatoms. The molecule has 0 saturated heterocycles. The number of carboxylic acid groups (broad SMARTS) is 1. The van der Waals surface area contributed by atoms with Crippen LogP contribution in [0.25, 0.3) is 0 Å². The van der Waals surface area contributed by atoms with E-state index < -0.39 is 35.4 Å². The molecule has 1 atom stereocenters. The molecule has 3 N–H and O–H groups in total. The van der Waals surface area contributed by atoms with Gasteiger partial charge in [0, 0.05) is 17.3 Å². The van der Waals surface area contributed by atoms with E-state index in [0.717, 1.165) is 12.1 Å². The second-order valence-electron chi connectivity index (χ2n) is 6.44. The van der Waals surface area contributed by atoms with Crippen LogP contribution in [0.2, 0.25) is 0 Å². The predicted molar refractivity (Wildman–Crippen MR) is 100 cm³/mol. The van der Waals surface area contributed by atoms with Crippen LogP contribution in [0.4, 0.5) is 24.7 Å². The number of benzene rings is 2. The fourth-order valence-corrected chi connectivity index (χ4v) is 3.11. The Morgan fingerprint density at radius 1 is 1.10 bits per heavy atom. The van der Waals surface area contributed by atoms with Gasteiger partial charge in [0.1, 0.15) is 40.6 Å². The second-order valence-corrected chi connectivity index (χ2v) is 6.44. The van der Waals surface area contributed by atoms with Gasteiger partial charge in [-0.15, -0.1) is 0 Å². The minimum atomic E-state index is -1.34. The van der Waals surface area contributed by atoms with Crippen molar-refractivity contribution >= 4 is 23.4 Å². The molecule has 0 unspecified atom stereocenters. The maximum absolute atomic E-state index is 14.4. The van der Waals surface area contributed by atoms with Crippen LogP contribution in [0.5, 0.6) is 0 Å². The largest absolute Gasteiger partial charge is 0.477 e. The summed E-state index contributed by atoms with van der Waals surface area (Å²) in [4.78, 5) is 24.2. The van der Waals surface area contributed by atoms with Crippen LogP contribution in [-0.4, -0.2) is 26.8 Å². The number of allylic oxidation sites excluding steroid dienone is 1. The van der Waals surface area contributed by atoms with Crippen molar-refractivity contribution in [2.75, 3.05) is 10.6 Å². The molecule has 0 spiro atoms. The number of fused-ring (bicyclic) bond motifs is 1. The number of hydrogen-bond donors (Lipinski definition) is 3. The lowest BCUT2D eigenvalue weighted by Gasteiger charge is -2.24. The van der Waals surface area contributed by atoms with Crippen molar-refractivity contribution in [1.29, 1.82) is 0 Å². The van der Waals surface area contributed by atoms with Gasteiger partial charge in [-0.3, -0.25) is 4.79 Å². The average molecular weight is 414 g/mol. The third-order valence-corrected chi connectivity index (χ3v) is 4.48. The van der Waals surface area contributed by atoms with Crippen LogP contribution in [-0.2, 0) is 4.79 Å². The predicted octanol–water partition coefficient (Wildman–Crippen LogP) is 3.54. The van der Waals surface area contributed by atoms with Crippen molar-refractivity contribution in [2.45, 2.75) is 6.04 Å². The minimum Gasteiger partial charge on any atom is -0.477 e. The Labute approximate surface area is 167 Å². The third-order valence-electron chi connectivity index (χ3n) is 4.48. The lowest BCUT2D eigenvalue weighted by Crippen LogP contribution is -2.26. The quantitative estimate of drug-likeness (QED) is 0.607. The van der Waals surface area contributed by atoms with Gasteiger partial charge in [0.25, 0.3) is 5.91 Å². The SMILES string of the molecule is O=C(O)C1=C[C@H](c2ccc(F)cc2F)n2ncc(C(=O)Nc3cccc(F)c3)c2N1. The lowest BCUT2D eigenvalue weighted by atomic mass is 10.0. The molecule has 1 amide bonds. The first-order valence-corrected chi connectivity index (χ1v) is 8.65. The summed E-state index contributed by atoms with van der Waals surface area (Å²) >= 11 is 0. The van der Waals surface area contributed by atoms with Crippen molar-refractivity contribution in [3.05, 3.63) is 89.0 Å². The number of carboxylic acids is 1. The molecule has 4 rings (SSSR count). The standard InChI is InChI=1S/C20H13F3N4O3/c21-10-2-1-3-12(6-10)25-19(28)14-9-24-27-17(8-16(20(29)30)26-18(14)27)13-5-4-11(22)7-15(13)23/h1-9,17,26H,(H,25,28)(H,29,30)/t17-/m1/s1. The van der Waals surface area contributed by atoms with E-state index >= 15 is 0 Å². The number of anilines is 2. The minimum absolute atomic E-state index is 0.00229. The number of carbonyl (C=O) groups excluding carboxylic acids is 1. The van der Waals surface area contributed by atoms with Gasteiger partial charge in [0.2, 0.25) is 0 Å². The normalized spacial score (nSPS) is 15.0. The van der Waals surface area contributed by atoms with Crippen molar-refractivity contribution < 1.29 is 27.9 Å². The summed E-state index contributed by atoms with van der Waals surface area (Å²) in [6, 6.07) is 7.06. The molecule has 1 aliphatic rings. The van der Waals surface area contributed by atoms with Crippen LogP contribution in [0.3, 0.4) is 0 Å². The van der Waals surface area contributed by atoms with Crippen LogP contribution < -0.4 is 10.6 Å². The number of nitrogens with zero attached hydrogens (tertiary/aromatic N) is 2. The van der Waals surface area contributed by atoms with Crippen LogP contribution in [0, 0.1) is 17.5 Å². The maximum atomic E-state index is 14.4. The summed E-state index contributed by atoms with van der Waals surface area (Å²) < 4.78 is 42.2. The molecule has 1 aromatic heterocycles. The summed E-state index contributed by atoms with van der Waals surface area (Å²) in [6.45, 7) is 0. The molecule has 7 nitrogen and oxygen atoms in total. The van der Waals surface area contributed by atoms with E-state index in [4.69, 9.17) is 0 Å². The third kappa shape index (κ3) is 3.50. The summed E-state index contributed by atoms with van der Waals surface area (Å²) in [5.41, 5.74) is -0.195. The van der Waals surface area contributed by atoms with Crippen molar-refractivity contribution in [1.82, 2.24) is 9.78 Å². The monoisotopic (exact) mass is 414 g/mol. The number of aromatic nitrogens is 2. The average Bonchev–Trinajstić information content (AvgIpc) is 3.11. The molecule has 0 radical (unpaired) electrons. The molecule has 2 heterocycles. The molecule has 0 aliphatic carbocycles. The Balaban J connectivity index is 1.75. The highest BCUT2D eigenvalue weighted by Crippen LogP contribution is 2.33. The van der Waals surface area contributed by atoms with Gasteiger partial charge in [-0.25, -0.2) is 22.6 Å². The van der Waals surface area contributed by atoms with E-state index in [2.05, 4.69) is 15.7 Å². The molecular formula is C20H13F3N4O3. The first-order valence-electron chi connectivity index (χ1n) is 8.65. The van der Waals surface area contributed by atoms with Gasteiger partial charge in [0.05, 0.1) is 6.20 Å². The van der Waals surface area contributed by atoms with Crippen LogP contribution >= 0.6 is 0 Å². The van der Waals surface area contributed by atoms with Crippen molar-refractivity contribution in [2.24, 2.45) is 0 Å². The fourth-order valence-electron chi connectivity index (χ4n) is 3.11. The lowest BCUT2D eigenvalue weighted by molar-refractivity contribution is -0.132. The van der Waals surface area contributed by atoms with E-state index in [-0.39, 0.29) is 28.3 Å². The summed E-state index contributed by atoms with van der Waals surface area (Å²) in [6.07, 6.45) is 2.37. The topological polar surface area (TPSA) is 96.2 Å². The highest BCUT2D eigenvalue weighted by atomic mass is 19.1. The molecule has 0 bridgehead atoms. The Kier molecular flexibility index (Phi) is 4.74. The Morgan fingerprint density at radius 3 is 2.57 bits per heavy atom. The number of rotatable bonds is 4. The number of nitrogens with one attached hydrogen (secondary N) is 2. The van der Waals surface area contributed by atoms with Gasteiger partial charge >= 0.3 is 5.97 Å². The van der Waals surface area contributed by atoms with Gasteiger partial charge in [0.15, 0.2) is 0 Å². The number of aliphatic carboxylic acids is 1. The Morgan fingerprint density at radius 2 is 1.87 bits per heavy atom. The maximum Gasteiger partial charge on any atom is 0.352 e. The highest BCUT2D eigenvalue weighted by molar-refractivity contribution is 6.08. The molecule has 3 aromatic rings. The Hall–Kier alpha value is -4.08. The van der Waals surface area contributed by atoms with Crippen molar-refractivity contribution in [3.63, 3.8) is 0 Å². The molecular weight excluding hydrogens is 401 g/mol. The zero-order valence-corrected chi connectivity index (χ0v) is 15.1. The Bertz CT molecular complexity index is 1210. The first kappa shape index (κ1) is 19.2. The number of carbonyl (C=O) groups is 2. The van der Waals surface area contributed by atoms with Crippen LogP contribution in [0.1, 0.15) is 22.0 Å². The van der Waals surface area contributed by atoms with Gasteiger partial charge in [-0.1, -0.05) is 12.1 Å². The summed E-state index contributed by atoms with van der Waals surface area (Å²) in [5.74, 6) is -4.26. The summed E-state index contributed by atoms with van der Waals surface area (Å²) in [7, 11) is 0. The van der Waals surface area contributed by atoms with Gasteiger partial charge < -0.3 is 15.7 Å². The number of halogens is 3. The zero-order chi connectivity index (χ0) is 21.4. The molecule has 1 aliphatic heterocycles. The number of amides is 1. The van der Waals surface area contributed by atoms with E-state index in [1.165, 1.54) is 41.2 Å². The van der Waals surface area contributed by atoms with E-state index in [1.54, 1.807) is 0 Å².